The van der Waals surface area contributed by atoms with Crippen molar-refractivity contribution in [2.24, 2.45) is 5.41 Å². The van der Waals surface area contributed by atoms with Gasteiger partial charge in [-0.25, -0.2) is 0 Å². The summed E-state index contributed by atoms with van der Waals surface area (Å²) < 4.78 is 5.25. The van der Waals surface area contributed by atoms with Crippen LogP contribution in [0, 0.1) is 5.41 Å². The minimum absolute atomic E-state index is 0.313. The molecule has 0 aliphatic heterocycles. The Hall–Kier alpha value is -1.35. The van der Waals surface area contributed by atoms with E-state index in [2.05, 4.69) is 0 Å². The first-order valence-corrected chi connectivity index (χ1v) is 6.27. The number of carbonyl (C=O) groups excluding carboxylic acids is 1. The number of benzene rings is 1. The number of rotatable bonds is 3. The summed E-state index contributed by atoms with van der Waals surface area (Å²) in [6.45, 7) is 7.11. The molecule has 0 bridgehead atoms. The molecule has 1 N–H and O–H groups in total. The van der Waals surface area contributed by atoms with Gasteiger partial charge in [0.15, 0.2) is 0 Å². The highest BCUT2D eigenvalue weighted by Gasteiger charge is 2.55. The fraction of sp³-hybridized carbons (Fsp3) is 0.533. The quantitative estimate of drug-likeness (QED) is 0.836. The maximum Gasteiger partial charge on any atom is 0.302 e. The topological polar surface area (TPSA) is 46.5 Å². The Labute approximate surface area is 108 Å². The number of aliphatic hydroxyl groups is 1. The molecule has 0 heterocycles. The molecule has 98 valence electrons. The van der Waals surface area contributed by atoms with E-state index in [-0.39, 0.29) is 12.1 Å². The van der Waals surface area contributed by atoms with E-state index >= 15 is 0 Å². The Morgan fingerprint density at radius 3 is 2.61 bits per heavy atom. The maximum atomic E-state index is 11.1. The van der Waals surface area contributed by atoms with Crippen LogP contribution in [-0.2, 0) is 21.6 Å². The molecule has 2 atom stereocenters. The van der Waals surface area contributed by atoms with Gasteiger partial charge < -0.3 is 9.84 Å². The van der Waals surface area contributed by atoms with Crippen molar-refractivity contribution in [3.8, 4) is 0 Å². The summed E-state index contributed by atoms with van der Waals surface area (Å²) in [6.07, 6.45) is 0.273. The molecule has 0 fully saturated rings. The van der Waals surface area contributed by atoms with Crippen molar-refractivity contribution in [2.45, 2.75) is 45.8 Å². The van der Waals surface area contributed by atoms with Crippen LogP contribution >= 0.6 is 0 Å². The number of hydrogen-bond acceptors (Lipinski definition) is 3. The average molecular weight is 248 g/mol. The zero-order valence-corrected chi connectivity index (χ0v) is 11.4. The van der Waals surface area contributed by atoms with Gasteiger partial charge in [-0.3, -0.25) is 4.79 Å². The number of esters is 1. The minimum atomic E-state index is -0.918. The summed E-state index contributed by atoms with van der Waals surface area (Å²) in [5.74, 6) is -0.313. The van der Waals surface area contributed by atoms with Gasteiger partial charge in [-0.2, -0.15) is 0 Å². The second kappa shape index (κ2) is 4.09. The molecule has 1 aliphatic rings. The number of hydrogen-bond donors (Lipinski definition) is 1. The molecule has 1 aliphatic carbocycles. The lowest BCUT2D eigenvalue weighted by atomic mass is 9.58. The molecule has 0 aromatic heterocycles. The van der Waals surface area contributed by atoms with Gasteiger partial charge in [0, 0.05) is 18.8 Å². The largest absolute Gasteiger partial charge is 0.462 e. The molecule has 3 heteroatoms. The molecule has 0 spiro atoms. The van der Waals surface area contributed by atoms with E-state index in [0.717, 1.165) is 5.56 Å². The molecule has 0 amide bonds. The smallest absolute Gasteiger partial charge is 0.302 e. The van der Waals surface area contributed by atoms with Crippen molar-refractivity contribution >= 4 is 5.97 Å². The predicted octanol–water partition coefficient (Wildman–Crippen LogP) is 2.41. The molecule has 2 rings (SSSR count). The van der Waals surface area contributed by atoms with Crippen LogP contribution in [0.3, 0.4) is 0 Å². The van der Waals surface area contributed by atoms with Gasteiger partial charge in [-0.05, 0) is 18.1 Å². The third-order valence-electron chi connectivity index (χ3n) is 4.33. The van der Waals surface area contributed by atoms with Crippen LogP contribution in [-0.4, -0.2) is 17.2 Å². The summed E-state index contributed by atoms with van der Waals surface area (Å²) >= 11 is 0. The molecule has 18 heavy (non-hydrogen) atoms. The maximum absolute atomic E-state index is 11.1. The molecule has 0 saturated heterocycles. The Balaban J connectivity index is 2.29. The molecule has 0 unspecified atom stereocenters. The van der Waals surface area contributed by atoms with Crippen molar-refractivity contribution in [2.75, 3.05) is 0 Å². The van der Waals surface area contributed by atoms with E-state index in [1.165, 1.54) is 12.5 Å². The zero-order valence-electron chi connectivity index (χ0n) is 11.4. The van der Waals surface area contributed by atoms with Crippen LogP contribution in [0.4, 0.5) is 0 Å². The molecule has 3 nitrogen and oxygen atoms in total. The normalized spacial score (nSPS) is 23.8. The van der Waals surface area contributed by atoms with E-state index in [1.54, 1.807) is 0 Å². The van der Waals surface area contributed by atoms with Gasteiger partial charge >= 0.3 is 5.97 Å². The Morgan fingerprint density at radius 1 is 1.44 bits per heavy atom. The van der Waals surface area contributed by atoms with Crippen LogP contribution < -0.4 is 0 Å². The fourth-order valence-corrected chi connectivity index (χ4v) is 2.65. The molecule has 0 saturated carbocycles. The highest BCUT2D eigenvalue weighted by Crippen LogP contribution is 2.52. The van der Waals surface area contributed by atoms with E-state index in [9.17, 15) is 9.90 Å². The van der Waals surface area contributed by atoms with E-state index < -0.39 is 11.0 Å². The third-order valence-corrected chi connectivity index (χ3v) is 4.33. The van der Waals surface area contributed by atoms with Crippen molar-refractivity contribution in [1.29, 1.82) is 0 Å². The van der Waals surface area contributed by atoms with E-state index in [1.807, 2.05) is 45.0 Å². The number of carbonyl (C=O) groups is 1. The Bertz CT molecular complexity index is 478. The minimum Gasteiger partial charge on any atom is -0.462 e. The third kappa shape index (κ3) is 1.74. The van der Waals surface area contributed by atoms with Gasteiger partial charge in [-0.1, -0.05) is 38.1 Å². The highest BCUT2D eigenvalue weighted by molar-refractivity contribution is 5.66. The highest BCUT2D eigenvalue weighted by atomic mass is 16.5. The van der Waals surface area contributed by atoms with Crippen LogP contribution in [0.1, 0.15) is 38.8 Å². The van der Waals surface area contributed by atoms with Crippen LogP contribution in [0.2, 0.25) is 0 Å². The van der Waals surface area contributed by atoms with Crippen molar-refractivity contribution in [1.82, 2.24) is 0 Å². The van der Waals surface area contributed by atoms with Crippen molar-refractivity contribution in [3.05, 3.63) is 35.4 Å². The molecular formula is C15H20O3. The summed E-state index contributed by atoms with van der Waals surface area (Å²) in [7, 11) is 0. The molecular weight excluding hydrogens is 228 g/mol. The lowest BCUT2D eigenvalue weighted by Crippen LogP contribution is -2.55. The molecule has 1 aromatic carbocycles. The molecule has 0 radical (unpaired) electrons. The van der Waals surface area contributed by atoms with Crippen LogP contribution in [0.5, 0.6) is 0 Å². The summed E-state index contributed by atoms with van der Waals surface area (Å²) in [5.41, 5.74) is 0.683. The monoisotopic (exact) mass is 248 g/mol. The van der Waals surface area contributed by atoms with Crippen LogP contribution in [0.15, 0.2) is 24.3 Å². The second-order valence-corrected chi connectivity index (χ2v) is 5.67. The van der Waals surface area contributed by atoms with Crippen molar-refractivity contribution in [3.63, 3.8) is 0 Å². The summed E-state index contributed by atoms with van der Waals surface area (Å²) in [4.78, 5) is 11.1. The zero-order chi connectivity index (χ0) is 13.6. The Kier molecular flexibility index (Phi) is 2.98. The van der Waals surface area contributed by atoms with Gasteiger partial charge in [0.05, 0.1) is 0 Å². The van der Waals surface area contributed by atoms with Gasteiger partial charge in [0.1, 0.15) is 11.7 Å². The number of ether oxygens (including phenoxy) is 1. The second-order valence-electron chi connectivity index (χ2n) is 5.67. The average Bonchev–Trinajstić information content (AvgIpc) is 2.26. The van der Waals surface area contributed by atoms with Crippen molar-refractivity contribution < 1.29 is 14.6 Å². The van der Waals surface area contributed by atoms with E-state index in [0.29, 0.717) is 6.42 Å². The first-order chi connectivity index (χ1) is 8.29. The van der Waals surface area contributed by atoms with Gasteiger partial charge in [0.2, 0.25) is 0 Å². The SMILES string of the molecule is CC(=O)O[C@H](C)C(C)(C)[C@@]1(O)Cc2ccccc21. The van der Waals surface area contributed by atoms with E-state index in [4.69, 9.17) is 4.74 Å². The summed E-state index contributed by atoms with van der Waals surface area (Å²) in [5, 5.41) is 10.9. The molecule has 1 aromatic rings. The standard InChI is InChI=1S/C15H20O3/c1-10(18-11(2)16)14(3,4)15(17)9-12-7-5-6-8-13(12)15/h5-8,10,17H,9H2,1-4H3/t10-,15-/m1/s1. The van der Waals surface area contributed by atoms with Gasteiger partial charge in [-0.15, -0.1) is 0 Å². The fourth-order valence-electron chi connectivity index (χ4n) is 2.65. The predicted molar refractivity (Wildman–Crippen MR) is 69.1 cm³/mol. The lowest BCUT2D eigenvalue weighted by Gasteiger charge is -2.52. The van der Waals surface area contributed by atoms with Crippen LogP contribution in [0.25, 0.3) is 0 Å². The Morgan fingerprint density at radius 2 is 2.06 bits per heavy atom. The summed E-state index contributed by atoms with van der Waals surface area (Å²) in [6, 6.07) is 7.87. The lowest BCUT2D eigenvalue weighted by molar-refractivity contribution is -0.175. The number of fused-ring (bicyclic) bond motifs is 1. The first kappa shape index (κ1) is 13.1. The van der Waals surface area contributed by atoms with Gasteiger partial charge in [0.25, 0.3) is 0 Å². The first-order valence-electron chi connectivity index (χ1n) is 6.27.